The van der Waals surface area contributed by atoms with Gasteiger partial charge in [-0.15, -0.1) is 0 Å². The van der Waals surface area contributed by atoms with Crippen molar-refractivity contribution >= 4 is 12.0 Å². The van der Waals surface area contributed by atoms with Gasteiger partial charge in [0, 0.05) is 31.7 Å². The first-order valence-electron chi connectivity index (χ1n) is 7.75. The minimum atomic E-state index is -0.281. The zero-order valence-corrected chi connectivity index (χ0v) is 13.5. The van der Waals surface area contributed by atoms with Crippen LogP contribution >= 0.6 is 0 Å². The van der Waals surface area contributed by atoms with E-state index in [0.717, 1.165) is 5.56 Å². The van der Waals surface area contributed by atoms with Gasteiger partial charge in [0.15, 0.2) is 0 Å². The van der Waals surface area contributed by atoms with Crippen molar-refractivity contribution in [2.45, 2.75) is 20.8 Å². The molecule has 2 amide bonds. The minimum Gasteiger partial charge on any atom is -0.449 e. The van der Waals surface area contributed by atoms with E-state index in [4.69, 9.17) is 4.74 Å². The summed E-state index contributed by atoms with van der Waals surface area (Å²) in [7, 11) is 0. The molecule has 0 spiro atoms. The molecule has 5 nitrogen and oxygen atoms in total. The maximum Gasteiger partial charge on any atom is 0.409 e. The Morgan fingerprint density at radius 3 is 2.36 bits per heavy atom. The molecule has 0 aromatic heterocycles. The molecule has 22 heavy (non-hydrogen) atoms. The van der Waals surface area contributed by atoms with Gasteiger partial charge in [-0.1, -0.05) is 31.5 Å². The molecule has 1 aromatic rings. The monoisotopic (exact) mass is 304 g/mol. The average Bonchev–Trinajstić information content (AvgIpc) is 2.52. The number of hydrogen-bond acceptors (Lipinski definition) is 3. The van der Waals surface area contributed by atoms with Gasteiger partial charge in [0.25, 0.3) is 5.91 Å². The lowest BCUT2D eigenvalue weighted by Crippen LogP contribution is -2.50. The highest BCUT2D eigenvalue weighted by Crippen LogP contribution is 2.11. The number of ether oxygens (including phenoxy) is 1. The summed E-state index contributed by atoms with van der Waals surface area (Å²) in [6.07, 6.45) is -0.281. The molecule has 2 rings (SSSR count). The lowest BCUT2D eigenvalue weighted by atomic mass is 10.1. The number of carbonyl (C=O) groups is 2. The summed E-state index contributed by atoms with van der Waals surface area (Å²) in [6, 6.07) is 7.59. The Labute approximate surface area is 131 Å². The molecule has 0 atom stereocenters. The van der Waals surface area contributed by atoms with E-state index in [1.54, 1.807) is 9.80 Å². The molecule has 1 fully saturated rings. The number of carbonyl (C=O) groups excluding carboxylic acids is 2. The Morgan fingerprint density at radius 1 is 1.14 bits per heavy atom. The number of amides is 2. The number of rotatable bonds is 3. The molecule has 1 aromatic carbocycles. The zero-order valence-electron chi connectivity index (χ0n) is 13.5. The van der Waals surface area contributed by atoms with Crippen molar-refractivity contribution in [2.24, 2.45) is 5.92 Å². The second kappa shape index (κ2) is 7.29. The molecule has 0 N–H and O–H groups in total. The smallest absolute Gasteiger partial charge is 0.409 e. The van der Waals surface area contributed by atoms with Crippen LogP contribution in [0.4, 0.5) is 4.79 Å². The van der Waals surface area contributed by atoms with Gasteiger partial charge in [-0.2, -0.15) is 0 Å². The second-order valence-electron chi connectivity index (χ2n) is 6.12. The van der Waals surface area contributed by atoms with Gasteiger partial charge >= 0.3 is 6.09 Å². The lowest BCUT2D eigenvalue weighted by Gasteiger charge is -2.34. The molecule has 1 saturated heterocycles. The van der Waals surface area contributed by atoms with E-state index >= 15 is 0 Å². The Hall–Kier alpha value is -2.04. The summed E-state index contributed by atoms with van der Waals surface area (Å²) in [5, 5.41) is 0. The number of hydrogen-bond donors (Lipinski definition) is 0. The predicted molar refractivity (Wildman–Crippen MR) is 84.8 cm³/mol. The van der Waals surface area contributed by atoms with Gasteiger partial charge in [0.2, 0.25) is 0 Å². The number of aryl methyl sites for hydroxylation is 1. The van der Waals surface area contributed by atoms with Gasteiger partial charge < -0.3 is 14.5 Å². The van der Waals surface area contributed by atoms with Gasteiger partial charge in [0.05, 0.1) is 6.61 Å². The van der Waals surface area contributed by atoms with Crippen molar-refractivity contribution in [2.75, 3.05) is 32.8 Å². The molecular weight excluding hydrogens is 280 g/mol. The average molecular weight is 304 g/mol. The Balaban J connectivity index is 1.86. The van der Waals surface area contributed by atoms with E-state index in [1.165, 1.54) is 0 Å². The van der Waals surface area contributed by atoms with Gasteiger partial charge in [-0.05, 0) is 25.0 Å². The highest BCUT2D eigenvalue weighted by Gasteiger charge is 2.25. The van der Waals surface area contributed by atoms with Crippen LogP contribution in [0.5, 0.6) is 0 Å². The van der Waals surface area contributed by atoms with E-state index < -0.39 is 0 Å². The van der Waals surface area contributed by atoms with Gasteiger partial charge in [-0.25, -0.2) is 4.79 Å². The molecule has 0 radical (unpaired) electrons. The Morgan fingerprint density at radius 2 is 1.77 bits per heavy atom. The first kappa shape index (κ1) is 16.3. The van der Waals surface area contributed by atoms with E-state index in [1.807, 2.05) is 45.0 Å². The first-order valence-corrected chi connectivity index (χ1v) is 7.75. The third-order valence-corrected chi connectivity index (χ3v) is 3.63. The van der Waals surface area contributed by atoms with Crippen LogP contribution in [-0.2, 0) is 4.74 Å². The van der Waals surface area contributed by atoms with Crippen molar-refractivity contribution in [3.05, 3.63) is 35.4 Å². The summed E-state index contributed by atoms with van der Waals surface area (Å²) >= 11 is 0. The largest absolute Gasteiger partial charge is 0.449 e. The van der Waals surface area contributed by atoms with Crippen molar-refractivity contribution in [1.29, 1.82) is 0 Å². The maximum atomic E-state index is 12.4. The summed E-state index contributed by atoms with van der Waals surface area (Å²) < 4.78 is 5.22. The SMILES string of the molecule is Cc1cccc(C(=O)N2CCN(C(=O)OCC(C)C)CC2)c1. The molecule has 1 heterocycles. The zero-order chi connectivity index (χ0) is 16.1. The molecule has 0 bridgehead atoms. The van der Waals surface area contributed by atoms with Crippen LogP contribution in [-0.4, -0.2) is 54.6 Å². The lowest BCUT2D eigenvalue weighted by molar-refractivity contribution is 0.0535. The fraction of sp³-hybridized carbons (Fsp3) is 0.529. The maximum absolute atomic E-state index is 12.4. The van der Waals surface area contributed by atoms with E-state index in [0.29, 0.717) is 44.3 Å². The van der Waals surface area contributed by atoms with E-state index in [-0.39, 0.29) is 12.0 Å². The van der Waals surface area contributed by atoms with Crippen LogP contribution in [0.3, 0.4) is 0 Å². The topological polar surface area (TPSA) is 49.9 Å². The minimum absolute atomic E-state index is 0.0268. The number of nitrogens with zero attached hydrogens (tertiary/aromatic N) is 2. The van der Waals surface area contributed by atoms with Crippen molar-refractivity contribution < 1.29 is 14.3 Å². The highest BCUT2D eigenvalue weighted by molar-refractivity contribution is 5.94. The fourth-order valence-corrected chi connectivity index (χ4v) is 2.38. The van der Waals surface area contributed by atoms with Crippen LogP contribution in [0, 0.1) is 12.8 Å². The van der Waals surface area contributed by atoms with Gasteiger partial charge in [-0.3, -0.25) is 4.79 Å². The van der Waals surface area contributed by atoms with Crippen molar-refractivity contribution in [3.8, 4) is 0 Å². The molecule has 0 saturated carbocycles. The van der Waals surface area contributed by atoms with Gasteiger partial charge in [0.1, 0.15) is 0 Å². The van der Waals surface area contributed by atoms with Crippen LogP contribution in [0.1, 0.15) is 29.8 Å². The van der Waals surface area contributed by atoms with E-state index in [9.17, 15) is 9.59 Å². The third kappa shape index (κ3) is 4.23. The Bertz CT molecular complexity index is 534. The molecule has 120 valence electrons. The normalized spacial score (nSPS) is 15.1. The molecule has 0 aliphatic carbocycles. The van der Waals surface area contributed by atoms with Crippen LogP contribution < -0.4 is 0 Å². The standard InChI is InChI=1S/C17H24N2O3/c1-13(2)12-22-17(21)19-9-7-18(8-10-19)16(20)15-6-4-5-14(3)11-15/h4-6,11,13H,7-10,12H2,1-3H3. The molecule has 1 aliphatic heterocycles. The fourth-order valence-electron chi connectivity index (χ4n) is 2.38. The third-order valence-electron chi connectivity index (χ3n) is 3.63. The van der Waals surface area contributed by atoms with Crippen LogP contribution in [0.2, 0.25) is 0 Å². The quantitative estimate of drug-likeness (QED) is 0.862. The van der Waals surface area contributed by atoms with Crippen LogP contribution in [0.15, 0.2) is 24.3 Å². The van der Waals surface area contributed by atoms with Crippen molar-refractivity contribution in [1.82, 2.24) is 9.80 Å². The molecule has 1 aliphatic rings. The molecule has 5 heteroatoms. The second-order valence-corrected chi connectivity index (χ2v) is 6.12. The summed E-state index contributed by atoms with van der Waals surface area (Å²) in [4.78, 5) is 27.8. The number of piperazine rings is 1. The number of benzene rings is 1. The Kier molecular flexibility index (Phi) is 5.41. The first-order chi connectivity index (χ1) is 10.5. The predicted octanol–water partition coefficient (Wildman–Crippen LogP) is 2.55. The highest BCUT2D eigenvalue weighted by atomic mass is 16.6. The summed E-state index contributed by atoms with van der Waals surface area (Å²) in [6.45, 7) is 8.55. The van der Waals surface area contributed by atoms with Crippen molar-refractivity contribution in [3.63, 3.8) is 0 Å². The van der Waals surface area contributed by atoms with E-state index in [2.05, 4.69) is 0 Å². The van der Waals surface area contributed by atoms with Crippen LogP contribution in [0.25, 0.3) is 0 Å². The molecule has 0 unspecified atom stereocenters. The molecular formula is C17H24N2O3. The summed E-state index contributed by atoms with van der Waals surface area (Å²) in [5.74, 6) is 0.354. The summed E-state index contributed by atoms with van der Waals surface area (Å²) in [5.41, 5.74) is 1.78.